The molecule has 5 rings (SSSR count). The Balaban J connectivity index is 1.34. The molecule has 0 radical (unpaired) electrons. The summed E-state index contributed by atoms with van der Waals surface area (Å²) >= 11 is 0. The molecule has 36 heavy (non-hydrogen) atoms. The van der Waals surface area contributed by atoms with Crippen molar-refractivity contribution in [2.24, 2.45) is 34.5 Å². The minimum Gasteiger partial charge on any atom is -0.462 e. The van der Waals surface area contributed by atoms with E-state index in [1.165, 1.54) is 24.6 Å². The van der Waals surface area contributed by atoms with Crippen LogP contribution in [0.25, 0.3) is 6.08 Å². The molecule has 0 bridgehead atoms. The number of allylic oxidation sites excluding steroid dienone is 2. The molecule has 4 aliphatic carbocycles. The van der Waals surface area contributed by atoms with Gasteiger partial charge in [-0.15, -0.1) is 0 Å². The normalized spacial score (nSPS) is 37.6. The third-order valence-electron chi connectivity index (χ3n) is 10.2. The smallest absolute Gasteiger partial charge is 0.302 e. The van der Waals surface area contributed by atoms with Gasteiger partial charge in [-0.3, -0.25) is 9.59 Å². The van der Waals surface area contributed by atoms with Crippen LogP contribution < -0.4 is 0 Å². The molecule has 1 aromatic rings. The van der Waals surface area contributed by atoms with Crippen molar-refractivity contribution in [1.29, 1.82) is 0 Å². The molecule has 6 heteroatoms. The van der Waals surface area contributed by atoms with Crippen LogP contribution in [0, 0.1) is 52.0 Å². The largest absolute Gasteiger partial charge is 0.462 e. The summed E-state index contributed by atoms with van der Waals surface area (Å²) in [5, 5.41) is 0. The van der Waals surface area contributed by atoms with Gasteiger partial charge in [0.1, 0.15) is 11.9 Å². The van der Waals surface area contributed by atoms with Crippen LogP contribution in [0.15, 0.2) is 29.9 Å². The van der Waals surface area contributed by atoms with Crippen LogP contribution in [-0.2, 0) is 14.3 Å². The third kappa shape index (κ3) is 4.14. The summed E-state index contributed by atoms with van der Waals surface area (Å²) in [4.78, 5) is 24.8. The molecule has 4 aliphatic rings. The number of esters is 1. The second-order valence-electron chi connectivity index (χ2n) is 11.9. The summed E-state index contributed by atoms with van der Waals surface area (Å²) in [7, 11) is 0. The van der Waals surface area contributed by atoms with E-state index in [1.807, 2.05) is 0 Å². The van der Waals surface area contributed by atoms with Gasteiger partial charge < -0.3 is 4.74 Å². The quantitative estimate of drug-likeness (QED) is 0.190. The van der Waals surface area contributed by atoms with Gasteiger partial charge in [0.2, 0.25) is 0 Å². The fraction of sp³-hybridized carbons (Fsp3) is 0.600. The number of benzene rings is 1. The molecule has 3 fully saturated rings. The zero-order chi connectivity index (χ0) is 25.8. The van der Waals surface area contributed by atoms with Gasteiger partial charge in [-0.25, -0.2) is 13.2 Å². The highest BCUT2D eigenvalue weighted by molar-refractivity contribution is 5.96. The van der Waals surface area contributed by atoms with Gasteiger partial charge in [-0.2, -0.15) is 0 Å². The Kier molecular flexibility index (Phi) is 6.45. The van der Waals surface area contributed by atoms with E-state index >= 15 is 0 Å². The molecule has 0 heterocycles. The van der Waals surface area contributed by atoms with E-state index in [9.17, 15) is 22.8 Å². The molecule has 0 amide bonds. The molecule has 0 saturated heterocycles. The van der Waals surface area contributed by atoms with Gasteiger partial charge in [0.15, 0.2) is 17.4 Å². The number of fused-ring (bicyclic) bond motifs is 5. The van der Waals surface area contributed by atoms with Crippen LogP contribution in [0.3, 0.4) is 0 Å². The fourth-order valence-electron chi connectivity index (χ4n) is 8.42. The lowest BCUT2D eigenvalue weighted by molar-refractivity contribution is -0.149. The number of hydrogen-bond acceptors (Lipinski definition) is 3. The van der Waals surface area contributed by atoms with E-state index in [0.29, 0.717) is 23.8 Å². The van der Waals surface area contributed by atoms with E-state index in [-0.39, 0.29) is 40.2 Å². The maximum absolute atomic E-state index is 14.1. The van der Waals surface area contributed by atoms with Crippen molar-refractivity contribution in [1.82, 2.24) is 0 Å². The minimum absolute atomic E-state index is 0.0242. The Labute approximate surface area is 211 Å². The Morgan fingerprint density at radius 2 is 1.81 bits per heavy atom. The van der Waals surface area contributed by atoms with Crippen molar-refractivity contribution < 1.29 is 27.5 Å². The van der Waals surface area contributed by atoms with Crippen molar-refractivity contribution in [2.45, 2.75) is 78.2 Å². The minimum atomic E-state index is -1.26. The molecule has 194 valence electrons. The standard InChI is InChI=1S/C30H35F3O3/c1-17(34)36-21-10-12-29(2)19(15-21)5-6-22-23-7-8-25(30(23,3)13-11-24(22)29)27(35)9-4-18-14-20(31)16-26(32)28(18)33/h4-5,9,14,16,21-25H,6-8,10-13,15H2,1-3H3/b9-4+/t21-,22-,23-,24-,25?,29-,30-/m0/s1. The average molecular weight is 501 g/mol. The first kappa shape index (κ1) is 25.3. The summed E-state index contributed by atoms with van der Waals surface area (Å²) < 4.78 is 46.7. The highest BCUT2D eigenvalue weighted by atomic mass is 19.2. The van der Waals surface area contributed by atoms with Crippen LogP contribution in [0.5, 0.6) is 0 Å². The van der Waals surface area contributed by atoms with Crippen LogP contribution in [0.2, 0.25) is 0 Å². The van der Waals surface area contributed by atoms with E-state index in [0.717, 1.165) is 57.4 Å². The number of carbonyl (C=O) groups is 2. The monoisotopic (exact) mass is 500 g/mol. The number of carbonyl (C=O) groups excluding carboxylic acids is 2. The maximum atomic E-state index is 14.1. The van der Waals surface area contributed by atoms with Crippen LogP contribution in [0.4, 0.5) is 13.2 Å². The molecule has 1 aromatic carbocycles. The highest BCUT2D eigenvalue weighted by Gasteiger charge is 2.59. The topological polar surface area (TPSA) is 43.4 Å². The molecule has 3 nitrogen and oxygen atoms in total. The lowest BCUT2D eigenvalue weighted by atomic mass is 9.47. The SMILES string of the molecule is CC(=O)O[C@H]1CC[C@@]2(C)C(=CC[C@@H]3[C@@H]2CC[C@]2(C)C(C(=O)/C=C/c4cc(F)cc(F)c4F)CC[C@@H]32)C1. The van der Waals surface area contributed by atoms with Crippen molar-refractivity contribution in [2.75, 3.05) is 0 Å². The van der Waals surface area contributed by atoms with Crippen LogP contribution in [-0.4, -0.2) is 17.9 Å². The van der Waals surface area contributed by atoms with Crippen molar-refractivity contribution in [3.05, 3.63) is 52.9 Å². The summed E-state index contributed by atoms with van der Waals surface area (Å²) in [5.41, 5.74) is 1.17. The summed E-state index contributed by atoms with van der Waals surface area (Å²) in [6, 6.07) is 1.41. The molecule has 0 spiro atoms. The van der Waals surface area contributed by atoms with Gasteiger partial charge in [-0.05, 0) is 91.7 Å². The summed E-state index contributed by atoms with van der Waals surface area (Å²) in [6.07, 6.45) is 12.4. The molecule has 7 atom stereocenters. The maximum Gasteiger partial charge on any atom is 0.302 e. The number of ether oxygens (including phenoxy) is 1. The molecule has 0 N–H and O–H groups in total. The van der Waals surface area contributed by atoms with Gasteiger partial charge in [0, 0.05) is 30.9 Å². The molecular formula is C30H35F3O3. The van der Waals surface area contributed by atoms with E-state index < -0.39 is 17.5 Å². The zero-order valence-electron chi connectivity index (χ0n) is 21.3. The number of rotatable bonds is 4. The fourth-order valence-corrected chi connectivity index (χ4v) is 8.42. The number of halogens is 3. The average Bonchev–Trinajstić information content (AvgIpc) is 3.17. The van der Waals surface area contributed by atoms with Crippen LogP contribution in [0.1, 0.15) is 77.7 Å². The predicted octanol–water partition coefficient (Wildman–Crippen LogP) is 7.20. The van der Waals surface area contributed by atoms with Gasteiger partial charge in [0.25, 0.3) is 0 Å². The summed E-state index contributed by atoms with van der Waals surface area (Å²) in [6.45, 7) is 6.09. The lowest BCUT2D eigenvalue weighted by Crippen LogP contribution is -2.51. The first-order chi connectivity index (χ1) is 17.0. The van der Waals surface area contributed by atoms with E-state index in [4.69, 9.17) is 4.74 Å². The van der Waals surface area contributed by atoms with Gasteiger partial charge in [0.05, 0.1) is 0 Å². The molecule has 0 aromatic heterocycles. The molecule has 3 saturated carbocycles. The molecular weight excluding hydrogens is 465 g/mol. The van der Waals surface area contributed by atoms with Crippen LogP contribution >= 0.6 is 0 Å². The van der Waals surface area contributed by atoms with Crippen molar-refractivity contribution in [3.63, 3.8) is 0 Å². The number of hydrogen-bond donors (Lipinski definition) is 0. The molecule has 1 unspecified atom stereocenters. The Bertz CT molecular complexity index is 1140. The Hall–Kier alpha value is -2.37. The van der Waals surface area contributed by atoms with Gasteiger partial charge in [-0.1, -0.05) is 25.5 Å². The second kappa shape index (κ2) is 9.18. The number of ketones is 1. The zero-order valence-corrected chi connectivity index (χ0v) is 21.3. The Morgan fingerprint density at radius 1 is 1.03 bits per heavy atom. The summed E-state index contributed by atoms with van der Waals surface area (Å²) in [5.74, 6) is -2.22. The first-order valence-electron chi connectivity index (χ1n) is 13.3. The lowest BCUT2D eigenvalue weighted by Gasteiger charge is -2.58. The molecule has 0 aliphatic heterocycles. The van der Waals surface area contributed by atoms with E-state index in [2.05, 4.69) is 19.9 Å². The van der Waals surface area contributed by atoms with Gasteiger partial charge >= 0.3 is 5.97 Å². The first-order valence-corrected chi connectivity index (χ1v) is 13.3. The van der Waals surface area contributed by atoms with E-state index in [1.54, 1.807) is 0 Å². The second-order valence-corrected chi connectivity index (χ2v) is 11.9. The predicted molar refractivity (Wildman–Crippen MR) is 131 cm³/mol. The third-order valence-corrected chi connectivity index (χ3v) is 10.2. The van der Waals surface area contributed by atoms with Crippen molar-refractivity contribution in [3.8, 4) is 0 Å². The Morgan fingerprint density at radius 3 is 2.56 bits per heavy atom. The van der Waals surface area contributed by atoms with Crippen molar-refractivity contribution >= 4 is 17.8 Å². The highest BCUT2D eigenvalue weighted by Crippen LogP contribution is 2.66.